The van der Waals surface area contributed by atoms with Crippen LogP contribution < -0.4 is 0 Å². The maximum Gasteiger partial charge on any atom is 0.161 e. The fraction of sp³-hybridized carbons (Fsp3) is 0.455. The van der Waals surface area contributed by atoms with E-state index in [1.165, 1.54) is 5.57 Å². The second-order valence-corrected chi connectivity index (χ2v) is 3.08. The topological polar surface area (TPSA) is 29.5 Å². The van der Waals surface area contributed by atoms with Crippen LogP contribution in [0.25, 0.3) is 0 Å². The molecule has 2 nitrogen and oxygen atoms in total. The Bertz CT molecular complexity index is 272. The van der Waals surface area contributed by atoms with Gasteiger partial charge in [-0.25, -0.2) is 0 Å². The molecule has 0 aromatic heterocycles. The third kappa shape index (κ3) is 2.14. The highest BCUT2D eigenvalue weighted by Crippen LogP contribution is 2.28. The zero-order chi connectivity index (χ0) is 9.84. The maximum absolute atomic E-state index is 9.59. The Kier molecular flexibility index (Phi) is 3.18. The highest BCUT2D eigenvalue weighted by molar-refractivity contribution is 5.40. The predicted octanol–water partition coefficient (Wildman–Crippen LogP) is 3.09. The Balaban J connectivity index is 2.91. The van der Waals surface area contributed by atoms with Gasteiger partial charge in [-0.15, -0.1) is 0 Å². The van der Waals surface area contributed by atoms with Gasteiger partial charge in [0.15, 0.2) is 11.5 Å². The number of rotatable bonds is 3. The SMILES string of the molecule is C=C1CC(CC)=CC(OCC)=C1O. The summed E-state index contributed by atoms with van der Waals surface area (Å²) in [5, 5.41) is 9.59. The number of hydrogen-bond donors (Lipinski definition) is 1. The Morgan fingerprint density at radius 1 is 1.54 bits per heavy atom. The lowest BCUT2D eigenvalue weighted by molar-refractivity contribution is 0.218. The smallest absolute Gasteiger partial charge is 0.161 e. The molecule has 1 rings (SSSR count). The number of aliphatic hydroxyl groups is 1. The number of ether oxygens (including phenoxy) is 1. The van der Waals surface area contributed by atoms with Crippen molar-refractivity contribution in [2.24, 2.45) is 0 Å². The van der Waals surface area contributed by atoms with E-state index < -0.39 is 0 Å². The van der Waals surface area contributed by atoms with Crippen LogP contribution in [0.2, 0.25) is 0 Å². The molecule has 0 heterocycles. The normalized spacial score (nSPS) is 17.4. The molecule has 2 heteroatoms. The van der Waals surface area contributed by atoms with Crippen molar-refractivity contribution in [2.45, 2.75) is 26.7 Å². The molecule has 0 saturated carbocycles. The lowest BCUT2D eigenvalue weighted by atomic mass is 9.97. The number of aliphatic hydroxyl groups excluding tert-OH is 1. The summed E-state index contributed by atoms with van der Waals surface area (Å²) < 4.78 is 5.29. The molecule has 0 aromatic carbocycles. The van der Waals surface area contributed by atoms with Crippen LogP contribution in [0, 0.1) is 0 Å². The fourth-order valence-electron chi connectivity index (χ4n) is 1.33. The second kappa shape index (κ2) is 4.17. The van der Waals surface area contributed by atoms with Gasteiger partial charge in [0.2, 0.25) is 0 Å². The van der Waals surface area contributed by atoms with E-state index >= 15 is 0 Å². The molecule has 0 bridgehead atoms. The van der Waals surface area contributed by atoms with E-state index in [1.807, 2.05) is 13.0 Å². The average molecular weight is 180 g/mol. The Morgan fingerprint density at radius 3 is 2.77 bits per heavy atom. The predicted molar refractivity (Wildman–Crippen MR) is 53.4 cm³/mol. The molecule has 72 valence electrons. The first-order valence-electron chi connectivity index (χ1n) is 4.62. The molecule has 0 aliphatic heterocycles. The van der Waals surface area contributed by atoms with E-state index in [0.717, 1.165) is 18.4 Å². The van der Waals surface area contributed by atoms with Gasteiger partial charge in [-0.2, -0.15) is 0 Å². The Hall–Kier alpha value is -1.18. The highest BCUT2D eigenvalue weighted by atomic mass is 16.5. The standard InChI is InChI=1S/C11H16O2/c1-4-9-6-8(3)11(12)10(7-9)13-5-2/h7,12H,3-6H2,1-2H3. The molecule has 1 aliphatic rings. The molecule has 0 amide bonds. The minimum absolute atomic E-state index is 0.207. The third-order valence-electron chi connectivity index (χ3n) is 2.10. The van der Waals surface area contributed by atoms with Crippen molar-refractivity contribution in [3.05, 3.63) is 35.3 Å². The van der Waals surface area contributed by atoms with Gasteiger partial charge in [-0.05, 0) is 31.4 Å². The van der Waals surface area contributed by atoms with Gasteiger partial charge < -0.3 is 9.84 Å². The minimum Gasteiger partial charge on any atom is -0.504 e. The lowest BCUT2D eigenvalue weighted by Crippen LogP contribution is -2.04. The maximum atomic E-state index is 9.59. The molecule has 0 radical (unpaired) electrons. The van der Waals surface area contributed by atoms with Crippen molar-refractivity contribution in [2.75, 3.05) is 6.61 Å². The molecule has 0 fully saturated rings. The van der Waals surface area contributed by atoms with Gasteiger partial charge >= 0.3 is 0 Å². The summed E-state index contributed by atoms with van der Waals surface area (Å²) in [6.45, 7) is 8.36. The quantitative estimate of drug-likeness (QED) is 0.723. The molecule has 0 aromatic rings. The minimum atomic E-state index is 0.207. The largest absolute Gasteiger partial charge is 0.504 e. The molecule has 0 unspecified atom stereocenters. The van der Waals surface area contributed by atoms with E-state index in [9.17, 15) is 5.11 Å². The first-order chi connectivity index (χ1) is 6.19. The highest BCUT2D eigenvalue weighted by Gasteiger charge is 2.15. The fourth-order valence-corrected chi connectivity index (χ4v) is 1.33. The van der Waals surface area contributed by atoms with E-state index in [0.29, 0.717) is 12.4 Å². The summed E-state index contributed by atoms with van der Waals surface area (Å²) in [5.41, 5.74) is 2.01. The van der Waals surface area contributed by atoms with Crippen LogP contribution in [-0.4, -0.2) is 11.7 Å². The van der Waals surface area contributed by atoms with Crippen molar-refractivity contribution < 1.29 is 9.84 Å². The van der Waals surface area contributed by atoms with Gasteiger partial charge in [-0.3, -0.25) is 0 Å². The summed E-state index contributed by atoms with van der Waals surface area (Å²) in [7, 11) is 0. The zero-order valence-corrected chi connectivity index (χ0v) is 8.26. The van der Waals surface area contributed by atoms with Crippen LogP contribution in [-0.2, 0) is 4.74 Å². The zero-order valence-electron chi connectivity index (χ0n) is 8.26. The van der Waals surface area contributed by atoms with E-state index in [-0.39, 0.29) is 5.76 Å². The van der Waals surface area contributed by atoms with Crippen molar-refractivity contribution in [3.63, 3.8) is 0 Å². The molecule has 1 N–H and O–H groups in total. The van der Waals surface area contributed by atoms with Crippen LogP contribution in [0.4, 0.5) is 0 Å². The second-order valence-electron chi connectivity index (χ2n) is 3.08. The van der Waals surface area contributed by atoms with Crippen molar-refractivity contribution >= 4 is 0 Å². The van der Waals surface area contributed by atoms with Crippen LogP contribution >= 0.6 is 0 Å². The van der Waals surface area contributed by atoms with Gasteiger partial charge in [0.1, 0.15) is 0 Å². The average Bonchev–Trinajstić information content (AvgIpc) is 2.13. The Labute approximate surface area is 79.2 Å². The van der Waals surface area contributed by atoms with Crippen LogP contribution in [0.1, 0.15) is 26.7 Å². The van der Waals surface area contributed by atoms with E-state index in [2.05, 4.69) is 13.5 Å². The van der Waals surface area contributed by atoms with Gasteiger partial charge in [-0.1, -0.05) is 19.1 Å². The first-order valence-corrected chi connectivity index (χ1v) is 4.62. The molecule has 0 saturated heterocycles. The van der Waals surface area contributed by atoms with E-state index in [1.54, 1.807) is 0 Å². The molecule has 0 atom stereocenters. The summed E-state index contributed by atoms with van der Waals surface area (Å²) in [4.78, 5) is 0. The van der Waals surface area contributed by atoms with Gasteiger partial charge in [0, 0.05) is 0 Å². The molecule has 1 aliphatic carbocycles. The van der Waals surface area contributed by atoms with Crippen LogP contribution in [0.5, 0.6) is 0 Å². The molecule has 13 heavy (non-hydrogen) atoms. The molecular weight excluding hydrogens is 164 g/mol. The third-order valence-corrected chi connectivity index (χ3v) is 2.10. The lowest BCUT2D eigenvalue weighted by Gasteiger charge is -2.17. The Morgan fingerprint density at radius 2 is 2.23 bits per heavy atom. The summed E-state index contributed by atoms with van der Waals surface area (Å²) in [6.07, 6.45) is 3.65. The monoisotopic (exact) mass is 180 g/mol. The van der Waals surface area contributed by atoms with Crippen molar-refractivity contribution in [1.82, 2.24) is 0 Å². The summed E-state index contributed by atoms with van der Waals surface area (Å²) in [6, 6.07) is 0. The van der Waals surface area contributed by atoms with Crippen molar-refractivity contribution in [3.8, 4) is 0 Å². The van der Waals surface area contributed by atoms with Crippen LogP contribution in [0.15, 0.2) is 35.3 Å². The van der Waals surface area contributed by atoms with Gasteiger partial charge in [0.05, 0.1) is 6.61 Å². The summed E-state index contributed by atoms with van der Waals surface area (Å²) in [5.74, 6) is 0.773. The van der Waals surface area contributed by atoms with Gasteiger partial charge in [0.25, 0.3) is 0 Å². The summed E-state index contributed by atoms with van der Waals surface area (Å²) >= 11 is 0. The first kappa shape index (κ1) is 9.90. The van der Waals surface area contributed by atoms with Crippen LogP contribution in [0.3, 0.4) is 0 Å². The van der Waals surface area contributed by atoms with Crippen molar-refractivity contribution in [1.29, 1.82) is 0 Å². The molecule has 0 spiro atoms. The number of hydrogen-bond acceptors (Lipinski definition) is 2. The molecular formula is C11H16O2. The number of allylic oxidation sites excluding steroid dienone is 3. The van der Waals surface area contributed by atoms with E-state index in [4.69, 9.17) is 4.74 Å².